The van der Waals surface area contributed by atoms with Crippen LogP contribution in [-0.2, 0) is 46.5 Å². The highest BCUT2D eigenvalue weighted by atomic mass is 32.2. The molecule has 1 spiro atoms. The van der Waals surface area contributed by atoms with E-state index in [2.05, 4.69) is 25.2 Å². The lowest BCUT2D eigenvalue weighted by molar-refractivity contribution is -0.144. The Morgan fingerprint density at radius 3 is 2.57 bits per heavy atom. The second kappa shape index (κ2) is 18.2. The third-order valence-electron chi connectivity index (χ3n) is 13.7. The summed E-state index contributed by atoms with van der Waals surface area (Å²) in [7, 11) is -4.10. The van der Waals surface area contributed by atoms with Crippen molar-refractivity contribution in [3.8, 4) is 11.5 Å². The van der Waals surface area contributed by atoms with Crippen LogP contribution >= 0.6 is 0 Å². The summed E-state index contributed by atoms with van der Waals surface area (Å²) in [6.07, 6.45) is 1.25. The van der Waals surface area contributed by atoms with Crippen LogP contribution in [0.2, 0.25) is 0 Å². The Balaban J connectivity index is 1.12. The molecule has 356 valence electrons. The van der Waals surface area contributed by atoms with E-state index in [0.717, 1.165) is 13.1 Å². The van der Waals surface area contributed by atoms with Crippen molar-refractivity contribution in [1.29, 1.82) is 0 Å². The van der Waals surface area contributed by atoms with Crippen LogP contribution in [0.3, 0.4) is 0 Å². The summed E-state index contributed by atoms with van der Waals surface area (Å²) in [6.45, 7) is 8.76. The predicted molar refractivity (Wildman–Crippen MR) is 230 cm³/mol. The van der Waals surface area contributed by atoms with Crippen molar-refractivity contribution in [2.75, 3.05) is 52.6 Å². The van der Waals surface area contributed by atoms with Crippen molar-refractivity contribution in [2.24, 2.45) is 11.8 Å². The molecule has 16 nitrogen and oxygen atoms in total. The van der Waals surface area contributed by atoms with E-state index in [0.29, 0.717) is 76.0 Å². The van der Waals surface area contributed by atoms with Crippen LogP contribution in [0.25, 0.3) is 10.9 Å². The molecule has 4 aliphatic heterocycles. The number of aryl methyl sites for hydroxylation is 1. The maximum Gasteiger partial charge on any atom is 0.437 e. The average molecular weight is 933 g/mol. The number of alkyl halides is 3. The quantitative estimate of drug-likeness (QED) is 0.277. The summed E-state index contributed by atoms with van der Waals surface area (Å²) in [5.74, 6) is -3.02. The van der Waals surface area contributed by atoms with Crippen LogP contribution in [0.4, 0.5) is 18.0 Å². The number of alkyl carbamates (subject to hydrolysis) is 1. The zero-order valence-corrected chi connectivity index (χ0v) is 37.9. The fourth-order valence-corrected chi connectivity index (χ4v) is 10.6. The van der Waals surface area contributed by atoms with E-state index in [1.165, 1.54) is 17.9 Å². The lowest BCUT2D eigenvalue weighted by atomic mass is 9.87. The molecule has 1 aromatic heterocycles. The molecule has 5 atom stereocenters. The number of hydrogen-bond donors (Lipinski definition) is 3. The maximum atomic E-state index is 15.0. The highest BCUT2D eigenvalue weighted by Crippen LogP contribution is 2.50. The maximum absolute atomic E-state index is 15.0. The van der Waals surface area contributed by atoms with Crippen molar-refractivity contribution in [2.45, 2.75) is 126 Å². The number of morpholine rings is 1. The van der Waals surface area contributed by atoms with Gasteiger partial charge in [-0.25, -0.2) is 18.2 Å². The highest BCUT2D eigenvalue weighted by Gasteiger charge is 2.64. The smallest absolute Gasteiger partial charge is 0.437 e. The molecule has 2 aromatic rings. The number of sulfonamides is 1. The first-order chi connectivity index (χ1) is 30.8. The molecule has 0 unspecified atom stereocenters. The number of nitrogens with one attached hydrogen (secondary N) is 3. The van der Waals surface area contributed by atoms with Gasteiger partial charge in [0, 0.05) is 42.9 Å². The van der Waals surface area contributed by atoms with Gasteiger partial charge in [-0.05, 0) is 82.4 Å². The molecule has 2 saturated carbocycles. The minimum Gasteiger partial charge on any atom is -0.492 e. The molecule has 2 saturated heterocycles. The molecule has 20 heteroatoms. The van der Waals surface area contributed by atoms with Crippen molar-refractivity contribution in [1.82, 2.24) is 30.1 Å². The van der Waals surface area contributed by atoms with Gasteiger partial charge in [0.1, 0.15) is 35.6 Å². The minimum atomic E-state index is -4.95. The van der Waals surface area contributed by atoms with E-state index in [1.807, 2.05) is 19.9 Å². The van der Waals surface area contributed by atoms with Gasteiger partial charge in [0.05, 0.1) is 36.6 Å². The van der Waals surface area contributed by atoms with Gasteiger partial charge in [-0.15, -0.1) is 0 Å². The normalized spacial score (nSPS) is 28.7. The Hall–Kier alpha value is -4.69. The molecule has 1 aromatic carbocycles. The Labute approximate surface area is 376 Å². The van der Waals surface area contributed by atoms with Gasteiger partial charge in [-0.2, -0.15) is 13.2 Å². The van der Waals surface area contributed by atoms with Crippen LogP contribution in [0.5, 0.6) is 11.5 Å². The van der Waals surface area contributed by atoms with E-state index < -0.39 is 85.3 Å². The van der Waals surface area contributed by atoms with E-state index in [4.69, 9.17) is 18.9 Å². The zero-order chi connectivity index (χ0) is 46.4. The van der Waals surface area contributed by atoms with Gasteiger partial charge < -0.3 is 34.5 Å². The molecule has 4 amide bonds. The summed E-state index contributed by atoms with van der Waals surface area (Å²) in [6, 6.07) is 2.14. The topological polar surface area (TPSA) is 195 Å². The van der Waals surface area contributed by atoms with Crippen LogP contribution in [0.1, 0.15) is 96.2 Å². The molecule has 3 N–H and O–H groups in total. The van der Waals surface area contributed by atoms with Crippen molar-refractivity contribution < 1.29 is 59.7 Å². The Bertz CT molecular complexity index is 2320. The fourth-order valence-electron chi connectivity index (χ4n) is 9.33. The van der Waals surface area contributed by atoms with E-state index in [-0.39, 0.29) is 62.3 Å². The lowest BCUT2D eigenvalue weighted by Crippen LogP contribution is -2.58. The number of nitrogens with zero attached hydrogens (tertiary/aromatic N) is 3. The number of hydrogen-bond acceptors (Lipinski definition) is 12. The Morgan fingerprint density at radius 1 is 1.08 bits per heavy atom. The lowest BCUT2D eigenvalue weighted by Gasteiger charge is -2.37. The standard InChI is InChI=1S/C45H59F3N6O10S/c1-28(2)26-63-41(58)50-34-10-8-6-4-5-7-9-29-24-44(29,40(57)52-65(59,60)42(3)15-16-42)51-38(55)35-25-43(27-54(35)39(34)56)14-13-31-32-23-30(62-22-19-53-17-20-61-21-18-53)11-12-33(32)49-37(36(31)64-43)45(46,47)48/h7,9,11-12,23,28-29,34-35H,4-6,8,10,13-22,24-27H2,1-3H3,(H,50,58)(H,51,55)(H,52,57)/b9-7-/t29-,34+,35+,43-,44-/m1/s1. The predicted octanol–water partition coefficient (Wildman–Crippen LogP) is 4.77. The fraction of sp³-hybridized carbons (Fsp3) is 0.667. The zero-order valence-electron chi connectivity index (χ0n) is 37.1. The minimum absolute atomic E-state index is 0.000781. The second-order valence-electron chi connectivity index (χ2n) is 19.1. The Morgan fingerprint density at radius 2 is 1.85 bits per heavy atom. The SMILES string of the molecule is CC(C)COC(=O)N[C@H]1CCCCC/C=C\[C@@H]2C[C@@]2(C(=O)NS(=O)(=O)C2(C)CC2)NC(=O)[C@@H]2C[C@]3(CCc4c(c(C(F)(F)F)nc5ccc(OCCN6CCOCC6)cc45)O3)CN2C1=O. The van der Waals surface area contributed by atoms with Gasteiger partial charge in [0.25, 0.3) is 5.91 Å². The van der Waals surface area contributed by atoms with Crippen molar-refractivity contribution in [3.63, 3.8) is 0 Å². The number of aromatic nitrogens is 1. The van der Waals surface area contributed by atoms with E-state index in [1.54, 1.807) is 18.2 Å². The molecule has 4 fully saturated rings. The largest absolute Gasteiger partial charge is 0.492 e. The van der Waals surface area contributed by atoms with Crippen LogP contribution in [-0.4, -0.2) is 128 Å². The van der Waals surface area contributed by atoms with Crippen LogP contribution in [0.15, 0.2) is 30.4 Å². The average Bonchev–Trinajstić information content (AvgIpc) is 4.15. The molecule has 0 bridgehead atoms. The van der Waals surface area contributed by atoms with E-state index >= 15 is 0 Å². The van der Waals surface area contributed by atoms with Crippen LogP contribution in [0, 0.1) is 11.8 Å². The summed E-state index contributed by atoms with van der Waals surface area (Å²) in [5, 5.41) is 5.90. The molecular formula is C45H59F3N6O10S. The number of fused-ring (bicyclic) bond motifs is 5. The summed E-state index contributed by atoms with van der Waals surface area (Å²) in [5.41, 5.74) is -4.11. The summed E-state index contributed by atoms with van der Waals surface area (Å²) in [4.78, 5) is 64.2. The molecule has 5 heterocycles. The highest BCUT2D eigenvalue weighted by molar-refractivity contribution is 7.91. The first kappa shape index (κ1) is 46.8. The van der Waals surface area contributed by atoms with E-state index in [9.17, 15) is 40.8 Å². The number of carbonyl (C=O) groups excluding carboxylic acids is 4. The number of amides is 4. The number of carbonyl (C=O) groups is 4. The first-order valence-corrected chi connectivity index (χ1v) is 24.3. The second-order valence-corrected chi connectivity index (χ2v) is 21.3. The third-order valence-corrected chi connectivity index (χ3v) is 15.8. The van der Waals surface area contributed by atoms with Crippen molar-refractivity contribution >= 4 is 44.7 Å². The number of ether oxygens (including phenoxy) is 4. The van der Waals surface area contributed by atoms with Gasteiger partial charge in [0.2, 0.25) is 21.8 Å². The van der Waals surface area contributed by atoms with Gasteiger partial charge in [-0.1, -0.05) is 38.8 Å². The number of rotatable bonds is 10. The van der Waals surface area contributed by atoms with Crippen molar-refractivity contribution in [3.05, 3.63) is 41.6 Å². The van der Waals surface area contributed by atoms with Gasteiger partial charge in [-0.3, -0.25) is 24.0 Å². The Kier molecular flexibility index (Phi) is 13.1. The van der Waals surface area contributed by atoms with Gasteiger partial charge in [0.15, 0.2) is 11.4 Å². The monoisotopic (exact) mass is 932 g/mol. The molecule has 0 radical (unpaired) electrons. The molecule has 8 rings (SSSR count). The molecular weight excluding hydrogens is 874 g/mol. The molecule has 2 aliphatic carbocycles. The number of halogens is 3. The van der Waals surface area contributed by atoms with Crippen LogP contribution < -0.4 is 24.8 Å². The summed E-state index contributed by atoms with van der Waals surface area (Å²) < 4.78 is 95.9. The molecule has 6 aliphatic rings. The third kappa shape index (κ3) is 10.0. The first-order valence-electron chi connectivity index (χ1n) is 22.8. The number of pyridine rings is 1. The summed E-state index contributed by atoms with van der Waals surface area (Å²) >= 11 is 0. The number of allylic oxidation sites excluding steroid dienone is 1. The number of benzene rings is 1. The molecule has 65 heavy (non-hydrogen) atoms. The van der Waals surface area contributed by atoms with Gasteiger partial charge >= 0.3 is 12.3 Å².